The van der Waals surface area contributed by atoms with Gasteiger partial charge in [-0.3, -0.25) is 14.2 Å². The summed E-state index contributed by atoms with van der Waals surface area (Å²) >= 11 is 8.61. The smallest absolute Gasteiger partial charge is 0.256 e. The van der Waals surface area contributed by atoms with Crippen molar-refractivity contribution in [2.24, 2.45) is 0 Å². The molecule has 0 aliphatic carbocycles. The predicted octanol–water partition coefficient (Wildman–Crippen LogP) is 5.73. The molecule has 5 aromatic rings. The second-order valence-corrected chi connectivity index (χ2v) is 10.6. The molecule has 2 heterocycles. The topological polar surface area (TPSA) is 111 Å². The van der Waals surface area contributed by atoms with E-state index < -0.39 is 11.7 Å². The molecule has 204 valence electrons. The summed E-state index contributed by atoms with van der Waals surface area (Å²) in [6, 6.07) is 18.9. The Bertz CT molecular complexity index is 1620. The lowest BCUT2D eigenvalue weighted by Crippen LogP contribution is -2.26. The first-order valence-corrected chi connectivity index (χ1v) is 14.3. The van der Waals surface area contributed by atoms with Crippen LogP contribution < -0.4 is 15.4 Å². The summed E-state index contributed by atoms with van der Waals surface area (Å²) in [5.74, 6) is -0.564. The van der Waals surface area contributed by atoms with E-state index in [1.165, 1.54) is 35.2 Å². The number of nitrogens with one attached hydrogen (secondary N) is 2. The molecule has 2 N–H and O–H groups in total. The van der Waals surface area contributed by atoms with Crippen molar-refractivity contribution in [3.05, 3.63) is 89.0 Å². The number of halogens is 2. The number of amides is 2. The standard InChI is InChI=1S/C27H22ClFN6O3S2/c1-2-38-17-12-10-16(11-13-17)35-22(14-30-25(37)24-18(28)6-5-7-19(24)29)33-34-27(35)39-15-23(36)32-26-31-20-8-3-4-9-21(20)40-26/h3-13H,2,14-15H2,1H3,(H,30,37)(H,31,32,36). The van der Waals surface area contributed by atoms with Crippen LogP contribution in [0.3, 0.4) is 0 Å². The summed E-state index contributed by atoms with van der Waals surface area (Å²) in [7, 11) is 0. The fourth-order valence-corrected chi connectivity index (χ4v) is 5.70. The van der Waals surface area contributed by atoms with Gasteiger partial charge in [0.05, 0.1) is 39.7 Å². The molecule has 0 unspecified atom stereocenters. The van der Waals surface area contributed by atoms with Gasteiger partial charge in [-0.05, 0) is 55.5 Å². The van der Waals surface area contributed by atoms with Gasteiger partial charge in [-0.1, -0.05) is 52.9 Å². The zero-order chi connectivity index (χ0) is 28.1. The maximum absolute atomic E-state index is 14.2. The zero-order valence-electron chi connectivity index (χ0n) is 21.1. The monoisotopic (exact) mass is 596 g/mol. The van der Waals surface area contributed by atoms with Crippen LogP contribution in [0.5, 0.6) is 5.75 Å². The Morgan fingerprint density at radius 3 is 2.62 bits per heavy atom. The number of aromatic nitrogens is 4. The van der Waals surface area contributed by atoms with Crippen molar-refractivity contribution >= 4 is 61.9 Å². The van der Waals surface area contributed by atoms with Gasteiger partial charge in [0, 0.05) is 5.69 Å². The quantitative estimate of drug-likeness (QED) is 0.198. The van der Waals surface area contributed by atoms with Crippen molar-refractivity contribution in [2.45, 2.75) is 18.6 Å². The predicted molar refractivity (Wildman–Crippen MR) is 154 cm³/mol. The first-order valence-electron chi connectivity index (χ1n) is 12.1. The molecule has 2 aromatic heterocycles. The number of carbonyl (C=O) groups is 2. The van der Waals surface area contributed by atoms with Crippen molar-refractivity contribution in [2.75, 3.05) is 17.7 Å². The Labute approximate surface area is 241 Å². The molecular formula is C27H22ClFN6O3S2. The van der Waals surface area contributed by atoms with Gasteiger partial charge >= 0.3 is 0 Å². The number of fused-ring (bicyclic) bond motifs is 1. The summed E-state index contributed by atoms with van der Waals surface area (Å²) in [6.45, 7) is 2.35. The van der Waals surface area contributed by atoms with Crippen LogP contribution in [-0.2, 0) is 11.3 Å². The zero-order valence-corrected chi connectivity index (χ0v) is 23.4. The van der Waals surface area contributed by atoms with Crippen LogP contribution in [0, 0.1) is 5.82 Å². The number of rotatable bonds is 10. The Morgan fingerprint density at radius 2 is 1.88 bits per heavy atom. The van der Waals surface area contributed by atoms with Gasteiger partial charge < -0.3 is 15.4 Å². The Balaban J connectivity index is 1.34. The third-order valence-corrected chi connectivity index (χ3v) is 7.77. The minimum Gasteiger partial charge on any atom is -0.494 e. The van der Waals surface area contributed by atoms with Gasteiger partial charge in [0.1, 0.15) is 11.6 Å². The molecule has 5 rings (SSSR count). The minimum absolute atomic E-state index is 0.000799. The highest BCUT2D eigenvalue weighted by Crippen LogP contribution is 2.27. The molecule has 2 amide bonds. The number of nitrogens with zero attached hydrogens (tertiary/aromatic N) is 4. The summed E-state index contributed by atoms with van der Waals surface area (Å²) in [5.41, 5.74) is 1.25. The van der Waals surface area contributed by atoms with Crippen molar-refractivity contribution in [3.63, 3.8) is 0 Å². The van der Waals surface area contributed by atoms with Crippen molar-refractivity contribution < 1.29 is 18.7 Å². The average Bonchev–Trinajstić information content (AvgIpc) is 3.54. The number of para-hydroxylation sites is 1. The van der Waals surface area contributed by atoms with E-state index in [-0.39, 0.29) is 28.8 Å². The number of hydrogen-bond acceptors (Lipinski definition) is 8. The van der Waals surface area contributed by atoms with Gasteiger partial charge in [-0.2, -0.15) is 0 Å². The number of anilines is 1. The molecule has 13 heteroatoms. The van der Waals surface area contributed by atoms with Crippen molar-refractivity contribution in [1.29, 1.82) is 0 Å². The second kappa shape index (κ2) is 12.5. The van der Waals surface area contributed by atoms with Gasteiger partial charge in [0.15, 0.2) is 16.1 Å². The van der Waals surface area contributed by atoms with E-state index in [1.54, 1.807) is 16.7 Å². The molecule has 0 fully saturated rings. The summed E-state index contributed by atoms with van der Waals surface area (Å²) in [4.78, 5) is 29.9. The Morgan fingerprint density at radius 1 is 1.07 bits per heavy atom. The van der Waals surface area contributed by atoms with Gasteiger partial charge in [-0.15, -0.1) is 10.2 Å². The van der Waals surface area contributed by atoms with Crippen LogP contribution in [0.4, 0.5) is 9.52 Å². The van der Waals surface area contributed by atoms with Crippen LogP contribution in [0.25, 0.3) is 15.9 Å². The van der Waals surface area contributed by atoms with E-state index in [9.17, 15) is 14.0 Å². The highest BCUT2D eigenvalue weighted by atomic mass is 35.5. The van der Waals surface area contributed by atoms with Crippen LogP contribution in [-0.4, -0.2) is 43.9 Å². The Kier molecular flexibility index (Phi) is 8.58. The van der Waals surface area contributed by atoms with Gasteiger partial charge in [0.25, 0.3) is 5.91 Å². The van der Waals surface area contributed by atoms with E-state index in [2.05, 4.69) is 25.8 Å². The van der Waals surface area contributed by atoms with E-state index in [1.807, 2.05) is 43.3 Å². The van der Waals surface area contributed by atoms with Crippen LogP contribution >= 0.6 is 34.7 Å². The SMILES string of the molecule is CCOc1ccc(-n2c(CNC(=O)c3c(F)cccc3Cl)nnc2SCC(=O)Nc2nc3ccccc3s2)cc1. The van der Waals surface area contributed by atoms with Crippen molar-refractivity contribution in [1.82, 2.24) is 25.1 Å². The number of benzene rings is 3. The maximum atomic E-state index is 14.2. The molecule has 0 atom stereocenters. The second-order valence-electron chi connectivity index (χ2n) is 8.26. The largest absolute Gasteiger partial charge is 0.494 e. The highest BCUT2D eigenvalue weighted by Gasteiger charge is 2.20. The van der Waals surface area contributed by atoms with E-state index >= 15 is 0 Å². The first kappa shape index (κ1) is 27.6. The van der Waals surface area contributed by atoms with Gasteiger partial charge in [-0.25, -0.2) is 9.37 Å². The third kappa shape index (κ3) is 6.24. The van der Waals surface area contributed by atoms with Crippen LogP contribution in [0.2, 0.25) is 5.02 Å². The van der Waals surface area contributed by atoms with E-state index in [4.69, 9.17) is 16.3 Å². The lowest BCUT2D eigenvalue weighted by molar-refractivity contribution is -0.113. The van der Waals surface area contributed by atoms with Crippen LogP contribution in [0.15, 0.2) is 71.9 Å². The minimum atomic E-state index is -0.728. The average molecular weight is 597 g/mol. The first-order chi connectivity index (χ1) is 19.4. The number of ether oxygens (including phenoxy) is 1. The lowest BCUT2D eigenvalue weighted by atomic mass is 10.2. The molecule has 9 nitrogen and oxygen atoms in total. The van der Waals surface area contributed by atoms with E-state index in [0.717, 1.165) is 16.3 Å². The van der Waals surface area contributed by atoms with Gasteiger partial charge in [0.2, 0.25) is 5.91 Å². The van der Waals surface area contributed by atoms with E-state index in [0.29, 0.717) is 34.2 Å². The van der Waals surface area contributed by atoms with Crippen molar-refractivity contribution in [3.8, 4) is 11.4 Å². The molecule has 3 aromatic carbocycles. The summed E-state index contributed by atoms with van der Waals surface area (Å²) < 4.78 is 22.5. The number of hydrogen-bond donors (Lipinski definition) is 2. The number of thiazole rings is 1. The number of carbonyl (C=O) groups excluding carboxylic acids is 2. The molecule has 0 radical (unpaired) electrons. The molecule has 0 saturated carbocycles. The molecule has 0 aliphatic rings. The molecule has 0 spiro atoms. The molecule has 40 heavy (non-hydrogen) atoms. The molecular weight excluding hydrogens is 575 g/mol. The summed E-state index contributed by atoms with van der Waals surface area (Å²) in [5, 5.41) is 14.9. The Hall–Kier alpha value is -4.00. The molecule has 0 aliphatic heterocycles. The normalized spacial score (nSPS) is 11.0. The third-order valence-electron chi connectivity index (χ3n) is 5.58. The number of thioether (sulfide) groups is 1. The molecule has 0 bridgehead atoms. The highest BCUT2D eigenvalue weighted by molar-refractivity contribution is 7.99. The van der Waals surface area contributed by atoms with Crippen LogP contribution in [0.1, 0.15) is 23.1 Å². The summed E-state index contributed by atoms with van der Waals surface area (Å²) in [6.07, 6.45) is 0. The lowest BCUT2D eigenvalue weighted by Gasteiger charge is -2.12. The molecule has 0 saturated heterocycles. The maximum Gasteiger partial charge on any atom is 0.256 e. The fraction of sp³-hybridized carbons (Fsp3) is 0.148. The fourth-order valence-electron chi connectivity index (χ4n) is 3.80.